The molecule has 1 aliphatic carbocycles. The van der Waals surface area contributed by atoms with Gasteiger partial charge in [-0.1, -0.05) is 12.1 Å². The molecule has 0 amide bonds. The average Bonchev–Trinajstić information content (AvgIpc) is 3.32. The predicted octanol–water partition coefficient (Wildman–Crippen LogP) is 5.90. The molecule has 0 atom stereocenters. The zero-order chi connectivity index (χ0) is 23.6. The molecule has 3 N–H and O–H groups in total. The van der Waals surface area contributed by atoms with Crippen LogP contribution in [-0.4, -0.2) is 31.5 Å². The number of hydrogen-bond acceptors (Lipinski definition) is 5. The Hall–Kier alpha value is -3.81. The largest absolute Gasteiger partial charge is 0.493 e. The molecule has 3 rings (SSSR count). The average molecular weight is 453 g/mol. The van der Waals surface area contributed by atoms with Crippen molar-refractivity contribution >= 4 is 35.7 Å². The molecule has 0 spiro atoms. The Morgan fingerprint density at radius 1 is 1.12 bits per heavy atom. The lowest BCUT2D eigenvalue weighted by Gasteiger charge is -2.17. The quantitative estimate of drug-likeness (QED) is 0.366. The summed E-state index contributed by atoms with van der Waals surface area (Å²) in [5, 5.41) is 6.99. The van der Waals surface area contributed by atoms with Crippen LogP contribution in [0.2, 0.25) is 0 Å². The molecule has 0 bridgehead atoms. The molecule has 1 saturated carbocycles. The van der Waals surface area contributed by atoms with Gasteiger partial charge < -0.3 is 20.6 Å². The first-order valence-electron chi connectivity index (χ1n) is 10.6. The number of halogens is 2. The molecule has 172 valence electrons. The minimum Gasteiger partial charge on any atom is -0.493 e. The summed E-state index contributed by atoms with van der Waals surface area (Å²) in [5.74, 6) is -0.760. The van der Waals surface area contributed by atoms with Gasteiger partial charge in [0.2, 0.25) is 0 Å². The number of rotatable bonds is 9. The number of nitrogens with zero attached hydrogens (tertiary/aromatic N) is 2. The van der Waals surface area contributed by atoms with Crippen molar-refractivity contribution in [2.24, 2.45) is 15.7 Å². The Kier molecular flexibility index (Phi) is 8.46. The molecule has 2 aromatic carbocycles. The number of amidine groups is 1. The summed E-state index contributed by atoms with van der Waals surface area (Å²) in [5.41, 5.74) is 6.74. The topological polar surface area (TPSA) is 93.0 Å². The lowest BCUT2D eigenvalue weighted by atomic mass is 10.1. The highest BCUT2D eigenvalue weighted by molar-refractivity contribution is 5.97. The molecule has 0 aliphatic heterocycles. The third-order valence-electron chi connectivity index (χ3n) is 5.02. The van der Waals surface area contributed by atoms with Gasteiger partial charge >= 0.3 is 0 Å². The van der Waals surface area contributed by atoms with Gasteiger partial charge in [-0.15, -0.1) is 0 Å². The number of benzene rings is 2. The van der Waals surface area contributed by atoms with E-state index in [2.05, 4.69) is 9.98 Å². The van der Waals surface area contributed by atoms with Crippen molar-refractivity contribution in [1.82, 2.24) is 0 Å². The predicted molar refractivity (Wildman–Crippen MR) is 129 cm³/mol. The van der Waals surface area contributed by atoms with Gasteiger partial charge in [0.25, 0.3) is 0 Å². The van der Waals surface area contributed by atoms with Crippen LogP contribution in [0, 0.1) is 17.0 Å². The highest BCUT2D eigenvalue weighted by Crippen LogP contribution is 2.35. The number of allylic oxidation sites excluding steroid dienone is 2. The minimum absolute atomic E-state index is 0.0292. The number of para-hydroxylation sites is 1. The Labute approximate surface area is 191 Å². The molecule has 0 aromatic heterocycles. The zero-order valence-electron chi connectivity index (χ0n) is 18.3. The second-order valence-corrected chi connectivity index (χ2v) is 7.36. The smallest absolute Gasteiger partial charge is 0.168 e. The normalized spacial score (nSPS) is 15.2. The van der Waals surface area contributed by atoms with E-state index in [4.69, 9.17) is 20.6 Å². The maximum absolute atomic E-state index is 13.8. The van der Waals surface area contributed by atoms with Gasteiger partial charge in [-0.25, -0.2) is 13.8 Å². The maximum atomic E-state index is 13.8. The van der Waals surface area contributed by atoms with E-state index in [1.807, 2.05) is 18.2 Å². The number of nitrogens with one attached hydrogen (secondary N) is 1. The number of hydrogen-bond donors (Lipinski definition) is 2. The van der Waals surface area contributed by atoms with Gasteiger partial charge in [0.05, 0.1) is 24.6 Å². The lowest BCUT2D eigenvalue weighted by Crippen LogP contribution is -2.12. The van der Waals surface area contributed by atoms with Crippen molar-refractivity contribution in [2.75, 3.05) is 7.11 Å². The van der Waals surface area contributed by atoms with Crippen LogP contribution in [0.3, 0.4) is 0 Å². The fourth-order valence-electron chi connectivity index (χ4n) is 3.44. The maximum Gasteiger partial charge on any atom is 0.168 e. The van der Waals surface area contributed by atoms with Gasteiger partial charge in [-0.2, -0.15) is 0 Å². The van der Waals surface area contributed by atoms with Crippen LogP contribution in [0.15, 0.2) is 58.5 Å². The first kappa shape index (κ1) is 23.8. The van der Waals surface area contributed by atoms with Crippen LogP contribution >= 0.6 is 0 Å². The van der Waals surface area contributed by atoms with Crippen LogP contribution < -0.4 is 15.2 Å². The number of methoxy groups -OCH3 is 1. The molecule has 1 fully saturated rings. The van der Waals surface area contributed by atoms with Crippen LogP contribution in [0.5, 0.6) is 11.5 Å². The second kappa shape index (κ2) is 11.7. The van der Waals surface area contributed by atoms with Crippen molar-refractivity contribution < 1.29 is 18.3 Å². The van der Waals surface area contributed by atoms with Crippen LogP contribution in [0.4, 0.5) is 20.2 Å². The van der Waals surface area contributed by atoms with Crippen molar-refractivity contribution in [3.63, 3.8) is 0 Å². The van der Waals surface area contributed by atoms with E-state index >= 15 is 0 Å². The second-order valence-electron chi connectivity index (χ2n) is 7.36. The summed E-state index contributed by atoms with van der Waals surface area (Å²) in [7, 11) is 1.60. The third-order valence-corrected chi connectivity index (χ3v) is 5.02. The number of ether oxygens (including phenoxy) is 2. The Morgan fingerprint density at radius 2 is 1.85 bits per heavy atom. The molecular formula is C25H26F2N4O2. The molecule has 0 unspecified atom stereocenters. The van der Waals surface area contributed by atoms with Crippen LogP contribution in [0.25, 0.3) is 6.08 Å². The fourth-order valence-corrected chi connectivity index (χ4v) is 3.44. The van der Waals surface area contributed by atoms with Crippen LogP contribution in [-0.2, 0) is 0 Å². The van der Waals surface area contributed by atoms with Crippen molar-refractivity contribution in [1.29, 1.82) is 5.41 Å². The van der Waals surface area contributed by atoms with Crippen molar-refractivity contribution in [3.8, 4) is 11.5 Å². The van der Waals surface area contributed by atoms with Crippen molar-refractivity contribution in [2.45, 2.75) is 31.8 Å². The third kappa shape index (κ3) is 6.58. The summed E-state index contributed by atoms with van der Waals surface area (Å²) < 4.78 is 39.2. The number of aliphatic imine (C=N–C) groups is 2. The molecule has 6 nitrogen and oxygen atoms in total. The van der Waals surface area contributed by atoms with Gasteiger partial charge in [0.1, 0.15) is 5.84 Å². The summed E-state index contributed by atoms with van der Waals surface area (Å²) in [4.78, 5) is 8.26. The highest BCUT2D eigenvalue weighted by Gasteiger charge is 2.19. The molecule has 0 saturated heterocycles. The molecule has 2 aromatic rings. The fraction of sp³-hybridized carbons (Fsp3) is 0.240. The summed E-state index contributed by atoms with van der Waals surface area (Å²) in [6.45, 7) is 0. The Balaban J connectivity index is 1.85. The highest BCUT2D eigenvalue weighted by atomic mass is 19.2. The van der Waals surface area contributed by atoms with E-state index in [9.17, 15) is 8.78 Å². The Bertz CT molecular complexity index is 1100. The van der Waals surface area contributed by atoms with Gasteiger partial charge in [0, 0.05) is 30.1 Å². The number of nitrogens with two attached hydrogens (primary N) is 1. The summed E-state index contributed by atoms with van der Waals surface area (Å²) >= 11 is 0. The summed E-state index contributed by atoms with van der Waals surface area (Å²) in [6, 6.07) is 7.49. The van der Waals surface area contributed by atoms with E-state index < -0.39 is 11.6 Å². The SMILES string of the molecule is COc1cccc(/C=C/C=Nc2cc(F)c(F)cc2N=C(N)/C=C\C=N)c1OC1CCCC1. The Morgan fingerprint density at radius 3 is 2.55 bits per heavy atom. The minimum atomic E-state index is -1.06. The zero-order valence-corrected chi connectivity index (χ0v) is 18.3. The standard InChI is InChI=1S/C25H26F2N4O2/c1-32-23-11-4-7-17(25(23)33-18-9-2-3-10-18)8-6-14-30-21-15-19(26)20(27)16-22(21)31-24(29)12-5-13-28/h4-8,11-16,18,28H,2-3,9-10H2,1H3,(H2,29,31)/b8-6+,12-5-,28-13?,30-14?. The van der Waals surface area contributed by atoms with Crippen LogP contribution in [0.1, 0.15) is 31.2 Å². The molecular weight excluding hydrogens is 426 g/mol. The van der Waals surface area contributed by atoms with Gasteiger partial charge in [-0.05, 0) is 56.1 Å². The van der Waals surface area contributed by atoms with Gasteiger partial charge in [0.15, 0.2) is 23.1 Å². The summed E-state index contributed by atoms with van der Waals surface area (Å²) in [6.07, 6.45) is 13.2. The lowest BCUT2D eigenvalue weighted by molar-refractivity contribution is 0.200. The molecule has 0 heterocycles. The van der Waals surface area contributed by atoms with Gasteiger partial charge in [-0.3, -0.25) is 4.99 Å². The van der Waals surface area contributed by atoms with E-state index in [0.717, 1.165) is 49.6 Å². The molecule has 0 radical (unpaired) electrons. The van der Waals surface area contributed by atoms with E-state index in [-0.39, 0.29) is 23.3 Å². The molecule has 1 aliphatic rings. The first-order chi connectivity index (χ1) is 16.0. The van der Waals surface area contributed by atoms with E-state index in [1.165, 1.54) is 18.4 Å². The molecule has 8 heteroatoms. The van der Waals surface area contributed by atoms with E-state index in [1.54, 1.807) is 19.3 Å². The monoisotopic (exact) mass is 452 g/mol. The van der Waals surface area contributed by atoms with Crippen molar-refractivity contribution in [3.05, 3.63) is 65.8 Å². The van der Waals surface area contributed by atoms with E-state index in [0.29, 0.717) is 11.5 Å². The molecule has 33 heavy (non-hydrogen) atoms. The first-order valence-corrected chi connectivity index (χ1v) is 10.6.